The Balaban J connectivity index is 1.95. The van der Waals surface area contributed by atoms with E-state index in [2.05, 4.69) is 90.1 Å². The first-order valence-electron chi connectivity index (χ1n) is 8.26. The van der Waals surface area contributed by atoms with Crippen molar-refractivity contribution in [3.8, 4) is 0 Å². The third-order valence-electron chi connectivity index (χ3n) is 4.82. The summed E-state index contributed by atoms with van der Waals surface area (Å²) >= 11 is 0. The summed E-state index contributed by atoms with van der Waals surface area (Å²) in [5.74, 6) is 1.01. The number of aromatic nitrogens is 1. The molecule has 0 bridgehead atoms. The molecule has 1 aliphatic rings. The second-order valence-corrected chi connectivity index (χ2v) is 6.34. The summed E-state index contributed by atoms with van der Waals surface area (Å²) in [7, 11) is 2.15. The van der Waals surface area contributed by atoms with Gasteiger partial charge in [0.2, 0.25) is 0 Å². The molecule has 0 aliphatic carbocycles. The maximum absolute atomic E-state index is 4.69. The van der Waals surface area contributed by atoms with E-state index in [1.807, 2.05) is 12.3 Å². The van der Waals surface area contributed by atoms with Crippen LogP contribution in [0.5, 0.6) is 0 Å². The average molecular weight is 313 g/mol. The van der Waals surface area contributed by atoms with Crippen molar-refractivity contribution in [3.05, 3.63) is 78.0 Å². The molecular weight excluding hydrogens is 293 g/mol. The zero-order valence-electron chi connectivity index (χ0n) is 14.3. The Morgan fingerprint density at radius 1 is 0.833 bits per heavy atom. The zero-order valence-corrected chi connectivity index (χ0v) is 14.3. The van der Waals surface area contributed by atoms with Crippen molar-refractivity contribution in [2.24, 2.45) is 0 Å². The van der Waals surface area contributed by atoms with Gasteiger partial charge in [-0.3, -0.25) is 0 Å². The van der Waals surface area contributed by atoms with E-state index >= 15 is 0 Å². The number of para-hydroxylation sites is 1. The van der Waals surface area contributed by atoms with E-state index in [4.69, 9.17) is 0 Å². The maximum Gasteiger partial charge on any atom is 0.417 e. The predicted molar refractivity (Wildman–Crippen MR) is 103 cm³/mol. The van der Waals surface area contributed by atoms with E-state index < -0.39 is 0 Å². The molecule has 2 heterocycles. The lowest BCUT2D eigenvalue weighted by Crippen LogP contribution is -2.55. The highest BCUT2D eigenvalue weighted by Crippen LogP contribution is 2.40. The topological polar surface area (TPSA) is 19.4 Å². The van der Waals surface area contributed by atoms with Crippen molar-refractivity contribution in [1.29, 1.82) is 0 Å². The van der Waals surface area contributed by atoms with Crippen LogP contribution in [-0.2, 0) is 0 Å². The van der Waals surface area contributed by atoms with Gasteiger partial charge in [0, 0.05) is 11.9 Å². The molecule has 1 aromatic heterocycles. The van der Waals surface area contributed by atoms with Crippen LogP contribution in [0.2, 0.25) is 0 Å². The number of benzene rings is 2. The fraction of sp³-hybridized carbons (Fsp3) is 0.150. The second kappa shape index (κ2) is 5.71. The molecule has 24 heavy (non-hydrogen) atoms. The van der Waals surface area contributed by atoms with Crippen LogP contribution in [0, 0.1) is 13.8 Å². The number of pyridine rings is 1. The molecule has 0 saturated carbocycles. The molecule has 0 unspecified atom stereocenters. The molecule has 0 atom stereocenters. The number of rotatable bonds is 2. The third-order valence-corrected chi connectivity index (χ3v) is 4.82. The second-order valence-electron chi connectivity index (χ2n) is 6.34. The molecule has 3 aromatic rings. The summed E-state index contributed by atoms with van der Waals surface area (Å²) in [4.78, 5) is 9.35. The van der Waals surface area contributed by atoms with Gasteiger partial charge in [0.15, 0.2) is 0 Å². The minimum atomic E-state index is 0.110. The number of fused-ring (bicyclic) bond motifs is 1. The van der Waals surface area contributed by atoms with Crippen molar-refractivity contribution in [2.45, 2.75) is 13.8 Å². The Labute approximate surface area is 143 Å². The van der Waals surface area contributed by atoms with E-state index in [0.717, 1.165) is 17.2 Å². The molecule has 0 radical (unpaired) electrons. The maximum atomic E-state index is 4.69. The van der Waals surface area contributed by atoms with Gasteiger partial charge in [-0.25, -0.2) is 4.98 Å². The van der Waals surface area contributed by atoms with Gasteiger partial charge in [0.25, 0.3) is 0 Å². The highest BCUT2D eigenvalue weighted by molar-refractivity contribution is 6.83. The smallest absolute Gasteiger partial charge is 0.392 e. The van der Waals surface area contributed by atoms with Gasteiger partial charge in [-0.15, -0.1) is 0 Å². The standard InChI is InChI=1S/C20H20BN3/c1-15-9-7-10-16(2)19(15)21-23(3)18-13-8-14-22-20(18)24(21)17-11-5-4-6-12-17/h4-14H,1-3H3. The van der Waals surface area contributed by atoms with E-state index in [-0.39, 0.29) is 6.98 Å². The van der Waals surface area contributed by atoms with Crippen molar-refractivity contribution < 1.29 is 0 Å². The van der Waals surface area contributed by atoms with Crippen molar-refractivity contribution in [2.75, 3.05) is 16.7 Å². The summed E-state index contributed by atoms with van der Waals surface area (Å²) < 4.78 is 0. The van der Waals surface area contributed by atoms with Crippen molar-refractivity contribution in [1.82, 2.24) is 4.98 Å². The Kier molecular flexibility index (Phi) is 3.53. The van der Waals surface area contributed by atoms with Crippen LogP contribution in [0.25, 0.3) is 0 Å². The molecule has 0 fully saturated rings. The molecule has 4 rings (SSSR count). The number of nitrogens with zero attached hydrogens (tertiary/aromatic N) is 3. The average Bonchev–Trinajstić information content (AvgIpc) is 2.89. The van der Waals surface area contributed by atoms with Crippen LogP contribution in [0.15, 0.2) is 66.9 Å². The molecule has 2 aromatic carbocycles. The van der Waals surface area contributed by atoms with Crippen LogP contribution in [0.3, 0.4) is 0 Å². The van der Waals surface area contributed by atoms with Crippen LogP contribution >= 0.6 is 0 Å². The van der Waals surface area contributed by atoms with Gasteiger partial charge in [-0.2, -0.15) is 0 Å². The first kappa shape index (κ1) is 14.8. The summed E-state index contributed by atoms with van der Waals surface area (Å²) in [5, 5.41) is 0. The minimum absolute atomic E-state index is 0.110. The highest BCUT2D eigenvalue weighted by atomic mass is 15.3. The SMILES string of the molecule is Cc1cccc(C)c1B1N(C)c2cccnc2N1c1ccccc1. The fourth-order valence-corrected chi connectivity index (χ4v) is 3.68. The predicted octanol–water partition coefficient (Wildman–Crippen LogP) is 3.68. The molecule has 3 nitrogen and oxygen atoms in total. The number of hydrogen-bond donors (Lipinski definition) is 0. The monoisotopic (exact) mass is 313 g/mol. The molecule has 1 aliphatic heterocycles. The van der Waals surface area contributed by atoms with Crippen LogP contribution in [0.1, 0.15) is 11.1 Å². The first-order chi connectivity index (χ1) is 11.7. The normalized spacial score (nSPS) is 13.4. The zero-order chi connectivity index (χ0) is 16.7. The lowest BCUT2D eigenvalue weighted by molar-refractivity contribution is 1.26. The molecule has 118 valence electrons. The third kappa shape index (κ3) is 2.18. The van der Waals surface area contributed by atoms with Gasteiger partial charge >= 0.3 is 6.98 Å². The van der Waals surface area contributed by atoms with E-state index in [1.165, 1.54) is 16.6 Å². The van der Waals surface area contributed by atoms with E-state index in [0.29, 0.717) is 0 Å². The van der Waals surface area contributed by atoms with Crippen LogP contribution in [0.4, 0.5) is 17.2 Å². The molecule has 0 spiro atoms. The Hall–Kier alpha value is -2.75. The van der Waals surface area contributed by atoms with Gasteiger partial charge in [0.1, 0.15) is 5.82 Å². The molecule has 0 N–H and O–H groups in total. The van der Waals surface area contributed by atoms with Crippen molar-refractivity contribution in [3.63, 3.8) is 0 Å². The Morgan fingerprint density at radius 2 is 1.54 bits per heavy atom. The summed E-state index contributed by atoms with van der Waals surface area (Å²) in [6.45, 7) is 4.49. The van der Waals surface area contributed by atoms with E-state index in [1.54, 1.807) is 0 Å². The quantitative estimate of drug-likeness (QED) is 0.673. The Bertz CT molecular complexity index is 859. The number of anilines is 3. The molecular formula is C20H20BN3. The lowest BCUT2D eigenvalue weighted by Gasteiger charge is -2.29. The van der Waals surface area contributed by atoms with Gasteiger partial charge in [0.05, 0.1) is 5.69 Å². The van der Waals surface area contributed by atoms with Gasteiger partial charge in [-0.1, -0.05) is 47.5 Å². The highest BCUT2D eigenvalue weighted by Gasteiger charge is 2.42. The summed E-state index contributed by atoms with van der Waals surface area (Å²) in [5.41, 5.74) is 6.28. The summed E-state index contributed by atoms with van der Waals surface area (Å²) in [6.07, 6.45) is 1.87. The molecule has 4 heteroatoms. The van der Waals surface area contributed by atoms with Crippen LogP contribution < -0.4 is 15.1 Å². The number of aryl methyl sites for hydroxylation is 2. The number of hydrogen-bond acceptors (Lipinski definition) is 3. The molecule has 0 amide bonds. The first-order valence-corrected chi connectivity index (χ1v) is 8.26. The van der Waals surface area contributed by atoms with Crippen LogP contribution in [-0.4, -0.2) is 19.0 Å². The molecule has 0 saturated heterocycles. The lowest BCUT2D eigenvalue weighted by atomic mass is 9.62. The Morgan fingerprint density at radius 3 is 2.25 bits per heavy atom. The van der Waals surface area contributed by atoms with Crippen molar-refractivity contribution >= 4 is 29.6 Å². The minimum Gasteiger partial charge on any atom is -0.392 e. The van der Waals surface area contributed by atoms with Gasteiger partial charge < -0.3 is 9.62 Å². The fourth-order valence-electron chi connectivity index (χ4n) is 3.68. The van der Waals surface area contributed by atoms with Gasteiger partial charge in [-0.05, 0) is 50.6 Å². The summed E-state index contributed by atoms with van der Waals surface area (Å²) in [6, 6.07) is 21.2. The van der Waals surface area contributed by atoms with E-state index in [9.17, 15) is 0 Å². The largest absolute Gasteiger partial charge is 0.417 e.